The Morgan fingerprint density at radius 3 is 1.52 bits per heavy atom. The lowest BCUT2D eigenvalue weighted by Gasteiger charge is -2.32. The highest BCUT2D eigenvalue weighted by Crippen LogP contribution is 2.20. The summed E-state index contributed by atoms with van der Waals surface area (Å²) in [6, 6.07) is 0.777. The van der Waals surface area contributed by atoms with Crippen LogP contribution in [0, 0.1) is 23.7 Å². The molecular weight excluding hydrogens is 1210 g/mol. The number of aromatic hydroxyl groups is 2. The summed E-state index contributed by atoms with van der Waals surface area (Å²) < 4.78 is 5.65. The normalized spacial score (nSPS) is 18.5. The second-order valence-electron chi connectivity index (χ2n) is 25.0. The zero-order valence-electron chi connectivity index (χ0n) is 55.1. The van der Waals surface area contributed by atoms with Crippen LogP contribution in [0.5, 0.6) is 11.5 Å². The average molecular weight is 1310 g/mol. The summed E-state index contributed by atoms with van der Waals surface area (Å²) in [6.45, 7) is 12.8. The van der Waals surface area contributed by atoms with Gasteiger partial charge in [-0.05, 0) is 78.3 Å². The van der Waals surface area contributed by atoms with E-state index in [1.807, 2.05) is 6.08 Å². The predicted molar refractivity (Wildman–Crippen MR) is 344 cm³/mol. The van der Waals surface area contributed by atoms with Gasteiger partial charge >= 0.3 is 5.97 Å². The molecule has 1 aliphatic heterocycles. The van der Waals surface area contributed by atoms with Gasteiger partial charge < -0.3 is 87.9 Å². The van der Waals surface area contributed by atoms with Gasteiger partial charge in [-0.2, -0.15) is 0 Å². The maximum absolute atomic E-state index is 13.9. The van der Waals surface area contributed by atoms with Gasteiger partial charge in [-0.1, -0.05) is 124 Å². The minimum atomic E-state index is -1.77. The van der Waals surface area contributed by atoms with E-state index in [4.69, 9.17) is 4.74 Å². The number of carbonyl (C=O) groups excluding carboxylic acids is 10. The number of phenolic OH excluding ortho intramolecular Hbond substituents is 2. The first-order valence-corrected chi connectivity index (χ1v) is 31.9. The van der Waals surface area contributed by atoms with Crippen molar-refractivity contribution >= 4 is 59.1 Å². The second kappa shape index (κ2) is 40.2. The molecule has 12 unspecified atom stereocenters. The van der Waals surface area contributed by atoms with Crippen molar-refractivity contribution in [2.75, 3.05) is 26.9 Å². The fourth-order valence-electron chi connectivity index (χ4n) is 10.0. The minimum absolute atomic E-state index is 0.00852. The van der Waals surface area contributed by atoms with Crippen molar-refractivity contribution in [3.63, 3.8) is 0 Å². The van der Waals surface area contributed by atoms with E-state index in [1.54, 1.807) is 85.7 Å². The third-order valence-corrected chi connectivity index (χ3v) is 15.8. The predicted octanol–water partition coefficient (Wildman–Crippen LogP) is 0.480. The Labute approximate surface area is 544 Å². The highest BCUT2D eigenvalue weighted by Gasteiger charge is 2.38. The Balaban J connectivity index is 1.64. The molecule has 0 spiro atoms. The SMILES string of the molecule is CCCCCCC=CCC(=O)NC(Cc1ccc(O)cc1)C(O)CC(=O)NC(C(=O)NC(CO)C(O)CC(=O)NC(C(=O)NC(CO)C(O)CC(=O)NC(C(=O)NC1C=CC(=O)NC(C(C)C)C(=O)N(C)C(Cc2ccc(O)cc2)C(=O)OC1)C(C)C)C(C)C)C(C)C. The van der Waals surface area contributed by atoms with Gasteiger partial charge in [-0.15, -0.1) is 0 Å². The molecule has 2 aromatic carbocycles. The zero-order valence-corrected chi connectivity index (χ0v) is 55.1. The molecule has 0 bridgehead atoms. The molecule has 518 valence electrons. The quantitative estimate of drug-likeness (QED) is 0.0251. The van der Waals surface area contributed by atoms with E-state index in [-0.39, 0.29) is 30.8 Å². The molecule has 0 saturated heterocycles. The van der Waals surface area contributed by atoms with Crippen LogP contribution in [-0.4, -0.2) is 199 Å². The molecule has 27 nitrogen and oxygen atoms in total. The van der Waals surface area contributed by atoms with Crippen LogP contribution in [0.2, 0.25) is 0 Å². The van der Waals surface area contributed by atoms with Crippen LogP contribution >= 0.6 is 0 Å². The summed E-state index contributed by atoms with van der Waals surface area (Å²) in [5.41, 5.74) is 1.22. The molecule has 0 radical (unpaired) electrons. The van der Waals surface area contributed by atoms with Crippen LogP contribution < -0.4 is 42.5 Å². The number of benzene rings is 2. The Morgan fingerprint density at radius 1 is 0.602 bits per heavy atom. The van der Waals surface area contributed by atoms with Crippen molar-refractivity contribution < 1.29 is 88.4 Å². The molecule has 27 heteroatoms. The van der Waals surface area contributed by atoms with E-state index in [0.29, 0.717) is 11.1 Å². The number of aliphatic hydroxyl groups excluding tert-OH is 5. The molecule has 9 amide bonds. The lowest BCUT2D eigenvalue weighted by atomic mass is 9.97. The third kappa shape index (κ3) is 27.6. The van der Waals surface area contributed by atoms with E-state index in [1.165, 1.54) is 42.3 Å². The summed E-state index contributed by atoms with van der Waals surface area (Å²) in [7, 11) is 1.40. The summed E-state index contributed by atoms with van der Waals surface area (Å²) in [5, 5.41) is 94.5. The Kier molecular flexibility index (Phi) is 34.3. The van der Waals surface area contributed by atoms with Gasteiger partial charge in [0.1, 0.15) is 48.3 Å². The molecule has 12 atom stereocenters. The van der Waals surface area contributed by atoms with E-state index < -0.39 is 195 Å². The number of nitrogens with zero attached hydrogens (tertiary/aromatic N) is 1. The van der Waals surface area contributed by atoms with Crippen LogP contribution in [0.25, 0.3) is 0 Å². The Hall–Kier alpha value is -7.98. The number of unbranched alkanes of at least 4 members (excludes halogenated alkanes) is 4. The number of amides is 9. The average Bonchev–Trinajstić information content (AvgIpc) is 1.12. The first kappa shape index (κ1) is 79.3. The summed E-state index contributed by atoms with van der Waals surface area (Å²) in [4.78, 5) is 137. The van der Waals surface area contributed by atoms with Crippen LogP contribution in [0.1, 0.15) is 131 Å². The highest BCUT2D eigenvalue weighted by atomic mass is 16.5. The number of carbonyl (C=O) groups is 10. The number of hydrogen-bond donors (Lipinski definition) is 15. The van der Waals surface area contributed by atoms with Crippen molar-refractivity contribution in [1.29, 1.82) is 0 Å². The van der Waals surface area contributed by atoms with Crippen molar-refractivity contribution in [3.8, 4) is 11.5 Å². The lowest BCUT2D eigenvalue weighted by molar-refractivity contribution is -0.156. The number of nitrogens with one attached hydrogen (secondary N) is 8. The maximum Gasteiger partial charge on any atom is 0.329 e. The molecule has 0 aliphatic carbocycles. The zero-order chi connectivity index (χ0) is 69.6. The first-order valence-electron chi connectivity index (χ1n) is 31.9. The molecule has 2 aromatic rings. The van der Waals surface area contributed by atoms with Crippen LogP contribution in [0.15, 0.2) is 72.8 Å². The van der Waals surface area contributed by atoms with Gasteiger partial charge in [0.2, 0.25) is 53.2 Å². The van der Waals surface area contributed by atoms with Crippen molar-refractivity contribution in [2.24, 2.45) is 23.7 Å². The number of likely N-dealkylation sites (N-methyl/N-ethyl adjacent to an activating group) is 1. The number of aliphatic hydroxyl groups is 5. The van der Waals surface area contributed by atoms with E-state index in [9.17, 15) is 83.7 Å². The number of ether oxygens (including phenoxy) is 1. The lowest BCUT2D eigenvalue weighted by Crippen LogP contribution is -2.58. The largest absolute Gasteiger partial charge is 0.508 e. The number of phenols is 2. The molecular formula is C66H101N9O18. The molecule has 3 rings (SSSR count). The summed E-state index contributed by atoms with van der Waals surface area (Å²) in [5.74, 6) is -9.93. The molecule has 15 N–H and O–H groups in total. The molecule has 1 aliphatic rings. The van der Waals surface area contributed by atoms with Crippen molar-refractivity contribution in [2.45, 2.75) is 206 Å². The monoisotopic (exact) mass is 1310 g/mol. The summed E-state index contributed by atoms with van der Waals surface area (Å²) in [6.07, 6.45) is 4.10. The number of hydrogen-bond acceptors (Lipinski definition) is 18. The topological polar surface area (TPSA) is 421 Å². The fraction of sp³-hybridized carbons (Fsp3) is 0.606. The molecule has 0 aromatic heterocycles. The summed E-state index contributed by atoms with van der Waals surface area (Å²) >= 11 is 0. The fourth-order valence-corrected chi connectivity index (χ4v) is 10.0. The van der Waals surface area contributed by atoms with Crippen LogP contribution in [0.4, 0.5) is 0 Å². The first-order chi connectivity index (χ1) is 43.9. The second-order valence-corrected chi connectivity index (χ2v) is 25.0. The standard InChI is InChI=1S/C66H101N9O18/c1-11-12-13-14-15-16-17-18-53(83)68-46(29-41-19-24-44(78)25-20-41)50(80)31-55(85)73-59(38(4)5)63(89)69-48(35-77)52(82)33-57(87)74-60(39(6)7)64(90)70-47(34-76)51(81)32-56(86)72-58(37(2)3)62(88)67-43-23-28-54(84)71-61(40(8)9)65(91)75(10)49(66(92)93-36-43)30-42-21-26-45(79)27-22-42/h16-17,19-28,37-40,43,46-52,58-61,76-82H,11-15,18,29-36H2,1-10H3,(H,67,88)(H,68,83)(H,69,89)(H,70,90)(H,71,84)(H,72,86)(H,73,85)(H,74,87). The van der Waals surface area contributed by atoms with Gasteiger partial charge in [0.15, 0.2) is 0 Å². The number of esters is 1. The van der Waals surface area contributed by atoms with Gasteiger partial charge in [0.05, 0.1) is 75.0 Å². The molecule has 93 heavy (non-hydrogen) atoms. The van der Waals surface area contributed by atoms with Crippen LogP contribution in [-0.2, 0) is 65.5 Å². The van der Waals surface area contributed by atoms with Crippen molar-refractivity contribution in [1.82, 2.24) is 47.4 Å². The third-order valence-electron chi connectivity index (χ3n) is 15.8. The van der Waals surface area contributed by atoms with Gasteiger partial charge in [0, 0.05) is 26.0 Å². The van der Waals surface area contributed by atoms with Gasteiger partial charge in [-0.25, -0.2) is 4.79 Å². The maximum atomic E-state index is 13.9. The molecule has 0 fully saturated rings. The smallest absolute Gasteiger partial charge is 0.329 e. The highest BCUT2D eigenvalue weighted by molar-refractivity contribution is 5.95. The number of rotatable bonds is 36. The van der Waals surface area contributed by atoms with Crippen molar-refractivity contribution in [3.05, 3.63) is 84.0 Å². The number of cyclic esters (lactones) is 1. The molecule has 1 heterocycles. The Bertz CT molecular complexity index is 2810. The number of allylic oxidation sites excluding steroid dienone is 1. The van der Waals surface area contributed by atoms with E-state index in [2.05, 4.69) is 49.5 Å². The van der Waals surface area contributed by atoms with E-state index >= 15 is 0 Å². The minimum Gasteiger partial charge on any atom is -0.508 e. The van der Waals surface area contributed by atoms with Gasteiger partial charge in [0.25, 0.3) is 0 Å². The van der Waals surface area contributed by atoms with E-state index in [0.717, 1.165) is 38.2 Å². The van der Waals surface area contributed by atoms with Crippen LogP contribution in [0.3, 0.4) is 0 Å². The molecule has 0 saturated carbocycles. The van der Waals surface area contributed by atoms with Gasteiger partial charge in [-0.3, -0.25) is 43.2 Å². The Morgan fingerprint density at radius 2 is 1.06 bits per heavy atom.